The number of anilines is 1. The van der Waals surface area contributed by atoms with Crippen molar-refractivity contribution in [3.05, 3.63) is 48.5 Å². The van der Waals surface area contributed by atoms with Crippen LogP contribution in [-0.4, -0.2) is 15.6 Å². The number of amides is 2. The summed E-state index contributed by atoms with van der Waals surface area (Å²) >= 11 is 0. The number of rotatable bonds is 4. The third-order valence-electron chi connectivity index (χ3n) is 3.00. The van der Waals surface area contributed by atoms with Crippen LogP contribution in [-0.2, 0) is 0 Å². The average molecular weight is 258 g/mol. The van der Waals surface area contributed by atoms with Crippen LogP contribution in [0.25, 0.3) is 0 Å². The lowest BCUT2D eigenvalue weighted by atomic mass is 9.95. The van der Waals surface area contributed by atoms with Gasteiger partial charge in [0.1, 0.15) is 0 Å². The number of benzene rings is 1. The maximum absolute atomic E-state index is 10.8. The van der Waals surface area contributed by atoms with Crippen LogP contribution in [0.5, 0.6) is 0 Å². The summed E-state index contributed by atoms with van der Waals surface area (Å²) in [7, 11) is 0. The number of nitrogens with two attached hydrogens (primary N) is 1. The summed E-state index contributed by atoms with van der Waals surface area (Å²) in [5, 5.41) is 2.55. The van der Waals surface area contributed by atoms with Crippen LogP contribution in [0, 0.1) is 5.92 Å². The molecule has 19 heavy (non-hydrogen) atoms. The van der Waals surface area contributed by atoms with E-state index in [1.807, 2.05) is 36.8 Å². The van der Waals surface area contributed by atoms with Crippen LogP contribution in [0.1, 0.15) is 25.5 Å². The van der Waals surface area contributed by atoms with Gasteiger partial charge >= 0.3 is 6.03 Å². The van der Waals surface area contributed by atoms with E-state index in [0.717, 1.165) is 0 Å². The largest absolute Gasteiger partial charge is 0.351 e. The van der Waals surface area contributed by atoms with Crippen LogP contribution in [0.15, 0.2) is 43.0 Å². The van der Waals surface area contributed by atoms with Gasteiger partial charge in [-0.3, -0.25) is 0 Å². The van der Waals surface area contributed by atoms with Gasteiger partial charge in [0.05, 0.1) is 12.4 Å². The van der Waals surface area contributed by atoms with Gasteiger partial charge < -0.3 is 15.6 Å². The highest BCUT2D eigenvalue weighted by Gasteiger charge is 2.17. The molecule has 1 aromatic heterocycles. The number of hydrogen-bond donors (Lipinski definition) is 2. The van der Waals surface area contributed by atoms with E-state index >= 15 is 0 Å². The van der Waals surface area contributed by atoms with E-state index in [0.29, 0.717) is 11.6 Å². The zero-order valence-corrected chi connectivity index (χ0v) is 11.1. The Kier molecular flexibility index (Phi) is 3.85. The zero-order chi connectivity index (χ0) is 13.8. The quantitative estimate of drug-likeness (QED) is 0.884. The summed E-state index contributed by atoms with van der Waals surface area (Å²) in [5.41, 5.74) is 6.95. The maximum atomic E-state index is 10.8. The molecule has 5 nitrogen and oxygen atoms in total. The molecule has 1 atom stereocenters. The van der Waals surface area contributed by atoms with Gasteiger partial charge in [-0.25, -0.2) is 9.78 Å². The molecule has 2 aromatic rings. The fourth-order valence-electron chi connectivity index (χ4n) is 2.24. The Morgan fingerprint density at radius 3 is 2.47 bits per heavy atom. The van der Waals surface area contributed by atoms with Crippen molar-refractivity contribution in [1.82, 2.24) is 9.55 Å². The molecule has 1 aromatic carbocycles. The van der Waals surface area contributed by atoms with Crippen molar-refractivity contribution in [2.75, 3.05) is 5.32 Å². The van der Waals surface area contributed by atoms with Crippen molar-refractivity contribution >= 4 is 11.7 Å². The summed E-state index contributed by atoms with van der Waals surface area (Å²) in [6.45, 7) is 4.33. The maximum Gasteiger partial charge on any atom is 0.316 e. The summed E-state index contributed by atoms with van der Waals surface area (Å²) in [6.07, 6.45) is 5.55. The third-order valence-corrected chi connectivity index (χ3v) is 3.00. The lowest BCUT2D eigenvalue weighted by molar-refractivity contribution is 0.259. The first-order valence-corrected chi connectivity index (χ1v) is 6.22. The second kappa shape index (κ2) is 5.56. The first-order chi connectivity index (χ1) is 9.08. The number of hydrogen-bond acceptors (Lipinski definition) is 2. The fourth-order valence-corrected chi connectivity index (χ4v) is 2.24. The highest BCUT2D eigenvalue weighted by Crippen LogP contribution is 2.27. The molecule has 5 heteroatoms. The highest BCUT2D eigenvalue weighted by atomic mass is 16.2. The number of nitrogens with one attached hydrogen (secondary N) is 1. The second-order valence-corrected chi connectivity index (χ2v) is 4.81. The van der Waals surface area contributed by atoms with Crippen molar-refractivity contribution in [2.24, 2.45) is 11.7 Å². The molecule has 2 amide bonds. The third kappa shape index (κ3) is 3.13. The SMILES string of the molecule is CC(C)C(c1ccc(NC(N)=O)cc1)n1ccnc1. The van der Waals surface area contributed by atoms with E-state index in [2.05, 4.69) is 28.7 Å². The summed E-state index contributed by atoms with van der Waals surface area (Å²) in [5.74, 6) is 0.434. The second-order valence-electron chi connectivity index (χ2n) is 4.81. The molecule has 0 aliphatic carbocycles. The molecule has 0 saturated carbocycles. The Balaban J connectivity index is 2.26. The zero-order valence-electron chi connectivity index (χ0n) is 11.1. The van der Waals surface area contributed by atoms with Crippen molar-refractivity contribution in [3.63, 3.8) is 0 Å². The topological polar surface area (TPSA) is 72.9 Å². The Morgan fingerprint density at radius 2 is 2.00 bits per heavy atom. The minimum atomic E-state index is -0.553. The van der Waals surface area contributed by atoms with Crippen molar-refractivity contribution in [1.29, 1.82) is 0 Å². The number of nitrogens with zero attached hydrogens (tertiary/aromatic N) is 2. The van der Waals surface area contributed by atoms with Crippen molar-refractivity contribution < 1.29 is 4.79 Å². The lowest BCUT2D eigenvalue weighted by Crippen LogP contribution is -2.19. The molecule has 2 rings (SSSR count). The first-order valence-electron chi connectivity index (χ1n) is 6.22. The molecule has 3 N–H and O–H groups in total. The Labute approximate surface area is 112 Å². The summed E-state index contributed by atoms with van der Waals surface area (Å²) in [4.78, 5) is 14.9. The number of primary amides is 1. The van der Waals surface area contributed by atoms with Crippen LogP contribution >= 0.6 is 0 Å². The monoisotopic (exact) mass is 258 g/mol. The van der Waals surface area contributed by atoms with Crippen molar-refractivity contribution in [3.8, 4) is 0 Å². The molecule has 0 aliphatic rings. The van der Waals surface area contributed by atoms with Gasteiger partial charge in [0.25, 0.3) is 0 Å². The average Bonchev–Trinajstić information content (AvgIpc) is 2.84. The van der Waals surface area contributed by atoms with E-state index in [1.54, 1.807) is 6.20 Å². The molecular weight excluding hydrogens is 240 g/mol. The van der Waals surface area contributed by atoms with Gasteiger partial charge in [-0.15, -0.1) is 0 Å². The van der Waals surface area contributed by atoms with E-state index in [4.69, 9.17) is 5.73 Å². The van der Waals surface area contributed by atoms with Gasteiger partial charge in [0, 0.05) is 18.1 Å². The highest BCUT2D eigenvalue weighted by molar-refractivity contribution is 5.87. The molecule has 0 radical (unpaired) electrons. The molecule has 100 valence electrons. The van der Waals surface area contributed by atoms with Gasteiger partial charge in [0.15, 0.2) is 0 Å². The molecule has 0 fully saturated rings. The Bertz CT molecular complexity index is 531. The smallest absolute Gasteiger partial charge is 0.316 e. The number of imidazole rings is 1. The number of carbonyl (C=O) groups excluding carboxylic acids is 1. The molecule has 0 saturated heterocycles. The van der Waals surface area contributed by atoms with Gasteiger partial charge in [-0.05, 0) is 23.6 Å². The number of urea groups is 1. The first kappa shape index (κ1) is 13.1. The van der Waals surface area contributed by atoms with Crippen LogP contribution in [0.2, 0.25) is 0 Å². The predicted molar refractivity (Wildman–Crippen MR) is 74.9 cm³/mol. The van der Waals surface area contributed by atoms with Crippen LogP contribution in [0.4, 0.5) is 10.5 Å². The Morgan fingerprint density at radius 1 is 1.32 bits per heavy atom. The fraction of sp³-hybridized carbons (Fsp3) is 0.286. The van der Waals surface area contributed by atoms with Gasteiger partial charge in [0.2, 0.25) is 0 Å². The normalized spacial score (nSPS) is 12.4. The Hall–Kier alpha value is -2.30. The molecule has 0 bridgehead atoms. The summed E-state index contributed by atoms with van der Waals surface area (Å²) in [6, 6.07) is 7.37. The van der Waals surface area contributed by atoms with E-state index in [-0.39, 0.29) is 6.04 Å². The van der Waals surface area contributed by atoms with E-state index in [1.165, 1.54) is 5.56 Å². The van der Waals surface area contributed by atoms with Crippen LogP contribution in [0.3, 0.4) is 0 Å². The van der Waals surface area contributed by atoms with Gasteiger partial charge in [-0.1, -0.05) is 26.0 Å². The molecule has 1 unspecified atom stereocenters. The molecular formula is C14H18N4O. The summed E-state index contributed by atoms with van der Waals surface area (Å²) < 4.78 is 2.08. The number of carbonyl (C=O) groups is 1. The lowest BCUT2D eigenvalue weighted by Gasteiger charge is -2.23. The standard InChI is InChI=1S/C14H18N4O/c1-10(2)13(18-8-7-16-9-18)11-3-5-12(6-4-11)17-14(15)19/h3-10,13H,1-2H3,(H3,15,17,19). The minimum absolute atomic E-state index is 0.227. The molecule has 0 spiro atoms. The predicted octanol–water partition coefficient (Wildman–Crippen LogP) is 2.62. The number of aromatic nitrogens is 2. The van der Waals surface area contributed by atoms with E-state index < -0.39 is 6.03 Å². The molecule has 0 aliphatic heterocycles. The minimum Gasteiger partial charge on any atom is -0.351 e. The molecule has 1 heterocycles. The van der Waals surface area contributed by atoms with E-state index in [9.17, 15) is 4.79 Å². The van der Waals surface area contributed by atoms with Crippen LogP contribution < -0.4 is 11.1 Å². The van der Waals surface area contributed by atoms with Gasteiger partial charge in [-0.2, -0.15) is 0 Å². The van der Waals surface area contributed by atoms with Crippen molar-refractivity contribution in [2.45, 2.75) is 19.9 Å².